The van der Waals surface area contributed by atoms with Crippen LogP contribution in [0.2, 0.25) is 5.02 Å². The van der Waals surface area contributed by atoms with E-state index in [1.807, 2.05) is 6.92 Å². The number of carbonyl (C=O) groups is 2. The molecule has 3 rings (SSSR count). The van der Waals surface area contributed by atoms with Gasteiger partial charge in [0.15, 0.2) is 0 Å². The summed E-state index contributed by atoms with van der Waals surface area (Å²) >= 11 is 6.03. The molecule has 1 saturated heterocycles. The largest absolute Gasteiger partial charge is 0.322 e. The van der Waals surface area contributed by atoms with Crippen molar-refractivity contribution in [2.24, 2.45) is 0 Å². The smallest absolute Gasteiger partial charge is 0.255 e. The molecule has 0 radical (unpaired) electrons. The Labute approximate surface area is 175 Å². The Bertz CT molecular complexity index is 1080. The van der Waals surface area contributed by atoms with Gasteiger partial charge in [0.05, 0.1) is 5.02 Å². The second-order valence-electron chi connectivity index (χ2n) is 7.04. The number of benzene rings is 2. The third-order valence-electron chi connectivity index (χ3n) is 4.77. The molecule has 1 N–H and O–H groups in total. The zero-order valence-corrected chi connectivity index (χ0v) is 18.0. The van der Waals surface area contributed by atoms with Gasteiger partial charge < -0.3 is 10.2 Å². The highest BCUT2D eigenvalue weighted by atomic mass is 35.5. The van der Waals surface area contributed by atoms with Crippen LogP contribution in [0.15, 0.2) is 41.3 Å². The van der Waals surface area contributed by atoms with Gasteiger partial charge >= 0.3 is 0 Å². The third-order valence-corrected chi connectivity index (χ3v) is 7.07. The van der Waals surface area contributed by atoms with Gasteiger partial charge in [-0.1, -0.05) is 11.6 Å². The third kappa shape index (κ3) is 4.29. The summed E-state index contributed by atoms with van der Waals surface area (Å²) < 4.78 is 25.8. The molecule has 2 aromatic carbocycles. The number of carbonyl (C=O) groups excluding carboxylic acids is 2. The number of sulfonamides is 1. The number of rotatable bonds is 5. The average Bonchev–Trinajstić information content (AvgIpc) is 3.07. The van der Waals surface area contributed by atoms with Gasteiger partial charge in [0.25, 0.3) is 5.91 Å². The Kier molecular flexibility index (Phi) is 5.97. The fourth-order valence-corrected chi connectivity index (χ4v) is 4.57. The molecule has 0 aromatic heterocycles. The summed E-state index contributed by atoms with van der Waals surface area (Å²) in [5.74, 6) is -0.359. The first-order valence-corrected chi connectivity index (χ1v) is 10.9. The molecule has 0 saturated carbocycles. The summed E-state index contributed by atoms with van der Waals surface area (Å²) in [6.07, 6.45) is 1.39. The Balaban J connectivity index is 1.84. The molecule has 1 aliphatic rings. The number of nitrogens with zero attached hydrogens (tertiary/aromatic N) is 2. The average molecular weight is 436 g/mol. The van der Waals surface area contributed by atoms with Crippen molar-refractivity contribution >= 4 is 44.8 Å². The highest BCUT2D eigenvalue weighted by Gasteiger charge is 2.24. The van der Waals surface area contributed by atoms with Crippen LogP contribution >= 0.6 is 11.6 Å². The normalized spacial score (nSPS) is 14.5. The molecule has 154 valence electrons. The second-order valence-corrected chi connectivity index (χ2v) is 9.56. The van der Waals surface area contributed by atoms with E-state index in [0.29, 0.717) is 18.7 Å². The topological polar surface area (TPSA) is 86.8 Å². The highest BCUT2D eigenvalue weighted by molar-refractivity contribution is 7.89. The van der Waals surface area contributed by atoms with Crippen LogP contribution in [0.4, 0.5) is 11.4 Å². The SMILES string of the molecule is Cc1cc(NC(=O)c2ccc(Cl)c(S(=O)(=O)N(C)C)c2)ccc1N1CCCC1=O. The fourth-order valence-electron chi connectivity index (χ4n) is 3.18. The number of aryl methyl sites for hydroxylation is 1. The first-order chi connectivity index (χ1) is 13.6. The molecule has 0 bridgehead atoms. The van der Waals surface area contributed by atoms with Crippen LogP contribution in [-0.4, -0.2) is 45.2 Å². The molecule has 1 heterocycles. The minimum Gasteiger partial charge on any atom is -0.322 e. The van der Waals surface area contributed by atoms with Crippen molar-refractivity contribution in [3.8, 4) is 0 Å². The number of anilines is 2. The van der Waals surface area contributed by atoms with E-state index in [1.54, 1.807) is 23.1 Å². The van der Waals surface area contributed by atoms with Crippen molar-refractivity contribution in [2.45, 2.75) is 24.7 Å². The lowest BCUT2D eigenvalue weighted by molar-refractivity contribution is -0.117. The predicted octanol–water partition coefficient (Wildman–Crippen LogP) is 3.28. The minimum atomic E-state index is -3.78. The zero-order valence-electron chi connectivity index (χ0n) is 16.4. The van der Waals surface area contributed by atoms with Gasteiger partial charge in [-0.05, 0) is 55.3 Å². The van der Waals surface area contributed by atoms with Crippen LogP contribution < -0.4 is 10.2 Å². The van der Waals surface area contributed by atoms with Gasteiger partial charge in [-0.3, -0.25) is 9.59 Å². The van der Waals surface area contributed by atoms with Gasteiger partial charge in [0.1, 0.15) is 4.90 Å². The Morgan fingerprint density at radius 2 is 1.90 bits per heavy atom. The Morgan fingerprint density at radius 1 is 1.17 bits per heavy atom. The van der Waals surface area contributed by atoms with Gasteiger partial charge in [0, 0.05) is 44.0 Å². The van der Waals surface area contributed by atoms with Gasteiger partial charge in [-0.15, -0.1) is 0 Å². The number of halogens is 1. The van der Waals surface area contributed by atoms with Crippen LogP contribution in [0.3, 0.4) is 0 Å². The highest BCUT2D eigenvalue weighted by Crippen LogP contribution is 2.28. The maximum Gasteiger partial charge on any atom is 0.255 e. The maximum absolute atomic E-state index is 12.7. The molecule has 1 fully saturated rings. The van der Waals surface area contributed by atoms with Gasteiger partial charge in [-0.25, -0.2) is 12.7 Å². The van der Waals surface area contributed by atoms with Crippen LogP contribution in [0.1, 0.15) is 28.8 Å². The van der Waals surface area contributed by atoms with E-state index in [2.05, 4.69) is 5.32 Å². The van der Waals surface area contributed by atoms with E-state index >= 15 is 0 Å². The molecule has 0 spiro atoms. The molecule has 0 aliphatic carbocycles. The van der Waals surface area contributed by atoms with E-state index in [9.17, 15) is 18.0 Å². The second kappa shape index (κ2) is 8.14. The lowest BCUT2D eigenvalue weighted by Gasteiger charge is -2.19. The van der Waals surface area contributed by atoms with Gasteiger partial charge in [0.2, 0.25) is 15.9 Å². The first kappa shape index (κ1) is 21.3. The Hall–Kier alpha value is -2.42. The van der Waals surface area contributed by atoms with Crippen molar-refractivity contribution in [1.29, 1.82) is 0 Å². The van der Waals surface area contributed by atoms with E-state index in [4.69, 9.17) is 11.6 Å². The van der Waals surface area contributed by atoms with Crippen LogP contribution in [0, 0.1) is 6.92 Å². The quantitative estimate of drug-likeness (QED) is 0.780. The zero-order chi connectivity index (χ0) is 21.3. The summed E-state index contributed by atoms with van der Waals surface area (Å²) in [6, 6.07) is 9.43. The molecule has 1 aliphatic heterocycles. The van der Waals surface area contributed by atoms with Crippen molar-refractivity contribution < 1.29 is 18.0 Å². The molecular formula is C20H22ClN3O4S. The maximum atomic E-state index is 12.7. The van der Waals surface area contributed by atoms with Crippen LogP contribution in [0.25, 0.3) is 0 Å². The number of amides is 2. The summed E-state index contributed by atoms with van der Waals surface area (Å²) in [6.45, 7) is 2.57. The molecule has 2 amide bonds. The molecule has 9 heteroatoms. The fraction of sp³-hybridized carbons (Fsp3) is 0.300. The number of hydrogen-bond donors (Lipinski definition) is 1. The van der Waals surface area contributed by atoms with Crippen molar-refractivity contribution in [1.82, 2.24) is 4.31 Å². The van der Waals surface area contributed by atoms with Crippen molar-refractivity contribution in [3.63, 3.8) is 0 Å². The molecule has 0 atom stereocenters. The monoisotopic (exact) mass is 435 g/mol. The first-order valence-electron chi connectivity index (χ1n) is 9.05. The summed E-state index contributed by atoms with van der Waals surface area (Å²) in [7, 11) is -0.986. The molecular weight excluding hydrogens is 414 g/mol. The standard InChI is InChI=1S/C20H22ClN3O4S/c1-13-11-15(7-9-17(13)24-10-4-5-19(24)25)22-20(26)14-6-8-16(21)18(12-14)29(27,28)23(2)3/h6-9,11-12H,4-5,10H2,1-3H3,(H,22,26). The molecule has 7 nitrogen and oxygen atoms in total. The summed E-state index contributed by atoms with van der Waals surface area (Å²) in [4.78, 5) is 26.2. The lowest BCUT2D eigenvalue weighted by Crippen LogP contribution is -2.24. The van der Waals surface area contributed by atoms with E-state index in [-0.39, 0.29) is 21.4 Å². The van der Waals surface area contributed by atoms with Crippen LogP contribution in [-0.2, 0) is 14.8 Å². The van der Waals surface area contributed by atoms with E-state index < -0.39 is 15.9 Å². The lowest BCUT2D eigenvalue weighted by atomic mass is 10.1. The number of hydrogen-bond acceptors (Lipinski definition) is 4. The molecule has 0 unspecified atom stereocenters. The Morgan fingerprint density at radius 3 is 2.48 bits per heavy atom. The predicted molar refractivity (Wildman–Crippen MR) is 113 cm³/mol. The summed E-state index contributed by atoms with van der Waals surface area (Å²) in [5, 5.41) is 2.81. The molecule has 29 heavy (non-hydrogen) atoms. The van der Waals surface area contributed by atoms with Crippen molar-refractivity contribution in [3.05, 3.63) is 52.5 Å². The minimum absolute atomic E-state index is 0.0470. The molecule has 2 aromatic rings. The van der Waals surface area contributed by atoms with Crippen molar-refractivity contribution in [2.75, 3.05) is 30.9 Å². The van der Waals surface area contributed by atoms with E-state index in [1.165, 1.54) is 32.3 Å². The van der Waals surface area contributed by atoms with E-state index in [0.717, 1.165) is 22.0 Å². The number of nitrogens with one attached hydrogen (secondary N) is 1. The van der Waals surface area contributed by atoms with Gasteiger partial charge in [-0.2, -0.15) is 0 Å². The summed E-state index contributed by atoms with van der Waals surface area (Å²) in [5.41, 5.74) is 2.42. The van der Waals surface area contributed by atoms with Crippen LogP contribution in [0.5, 0.6) is 0 Å².